The van der Waals surface area contributed by atoms with E-state index < -0.39 is 0 Å². The van der Waals surface area contributed by atoms with Gasteiger partial charge in [0.15, 0.2) is 10.1 Å². The van der Waals surface area contributed by atoms with Crippen LogP contribution in [0.25, 0.3) is 26.1 Å². The van der Waals surface area contributed by atoms with Crippen molar-refractivity contribution in [1.29, 1.82) is 0 Å². The fourth-order valence-corrected chi connectivity index (χ4v) is 6.05. The minimum Gasteiger partial charge on any atom is -0.283 e. The van der Waals surface area contributed by atoms with Crippen molar-refractivity contribution in [2.75, 3.05) is 0 Å². The number of nitrogens with zero attached hydrogens (tertiary/aromatic N) is 4. The molecule has 6 rings (SSSR count). The highest BCUT2D eigenvalue weighted by Crippen LogP contribution is 2.26. The number of hydrogen-bond donors (Lipinski definition) is 0. The largest absolute Gasteiger partial charge is 0.283 e. The topological polar surface area (TPSA) is 69.3 Å². The molecule has 0 N–H and O–H groups in total. The summed E-state index contributed by atoms with van der Waals surface area (Å²) in [5, 5.41) is 1.19. The predicted molar refractivity (Wildman–Crippen MR) is 143 cm³/mol. The van der Waals surface area contributed by atoms with Gasteiger partial charge in [0.2, 0.25) is 0 Å². The number of thiazole rings is 1. The van der Waals surface area contributed by atoms with Crippen LogP contribution in [0.3, 0.4) is 0 Å². The highest BCUT2D eigenvalue weighted by Gasteiger charge is 2.14. The van der Waals surface area contributed by atoms with Crippen LogP contribution in [0.15, 0.2) is 93.6 Å². The molecule has 0 amide bonds. The van der Waals surface area contributed by atoms with Gasteiger partial charge in [-0.1, -0.05) is 77.2 Å². The Hall–Kier alpha value is -3.75. The number of fused-ring (bicyclic) bond motifs is 4. The summed E-state index contributed by atoms with van der Waals surface area (Å²) in [5.41, 5.74) is 4.20. The fourth-order valence-electron chi connectivity index (χ4n) is 4.11. The zero-order chi connectivity index (χ0) is 23.9. The number of hydrogen-bond acceptors (Lipinski definition) is 6. The second-order valence-corrected chi connectivity index (χ2v) is 10.3. The SMILES string of the molecule is Cc1ccc(Cn2c(SCc3cc(=O)n4c(n3)sc3ccccc34)nc3ccccc3c2=O)cc1. The third-order valence-corrected chi connectivity index (χ3v) is 7.92. The second-order valence-electron chi connectivity index (χ2n) is 8.35. The molecular formula is C27H20N4O2S2. The number of rotatable bonds is 5. The molecule has 0 aliphatic heterocycles. The van der Waals surface area contributed by atoms with Gasteiger partial charge >= 0.3 is 0 Å². The van der Waals surface area contributed by atoms with Crippen LogP contribution < -0.4 is 11.1 Å². The fraction of sp³-hybridized carbons (Fsp3) is 0.111. The van der Waals surface area contributed by atoms with Crippen molar-refractivity contribution < 1.29 is 0 Å². The predicted octanol–water partition coefficient (Wildman–Crippen LogP) is 5.27. The monoisotopic (exact) mass is 496 g/mol. The Morgan fingerprint density at radius 1 is 0.914 bits per heavy atom. The lowest BCUT2D eigenvalue weighted by Gasteiger charge is -2.13. The average Bonchev–Trinajstić information content (AvgIpc) is 3.25. The van der Waals surface area contributed by atoms with Crippen molar-refractivity contribution in [2.45, 2.75) is 24.4 Å². The number of aromatic nitrogens is 4. The van der Waals surface area contributed by atoms with Crippen LogP contribution >= 0.6 is 23.1 Å². The van der Waals surface area contributed by atoms with Gasteiger partial charge in [-0.15, -0.1) is 0 Å². The highest BCUT2D eigenvalue weighted by atomic mass is 32.2. The number of para-hydroxylation sites is 2. The lowest BCUT2D eigenvalue weighted by molar-refractivity contribution is 0.658. The Morgan fingerprint density at radius 2 is 1.69 bits per heavy atom. The molecule has 0 spiro atoms. The summed E-state index contributed by atoms with van der Waals surface area (Å²) in [6, 6.07) is 24.9. The van der Waals surface area contributed by atoms with Gasteiger partial charge in [0.1, 0.15) is 0 Å². The maximum absolute atomic E-state index is 13.4. The molecule has 172 valence electrons. The molecule has 0 aliphatic rings. The number of aryl methyl sites for hydroxylation is 1. The van der Waals surface area contributed by atoms with E-state index in [4.69, 9.17) is 9.97 Å². The Kier molecular flexibility index (Phi) is 5.47. The van der Waals surface area contributed by atoms with Crippen LogP contribution in [0.5, 0.6) is 0 Å². The molecule has 3 aromatic carbocycles. The third kappa shape index (κ3) is 4.05. The molecule has 8 heteroatoms. The summed E-state index contributed by atoms with van der Waals surface area (Å²) < 4.78 is 4.38. The first kappa shape index (κ1) is 21.8. The van der Waals surface area contributed by atoms with E-state index in [1.807, 2.05) is 79.7 Å². The first-order valence-electron chi connectivity index (χ1n) is 11.1. The summed E-state index contributed by atoms with van der Waals surface area (Å²) in [7, 11) is 0. The first-order valence-corrected chi connectivity index (χ1v) is 13.0. The molecule has 6 aromatic rings. The number of thioether (sulfide) groups is 1. The lowest BCUT2D eigenvalue weighted by atomic mass is 10.1. The van der Waals surface area contributed by atoms with Crippen molar-refractivity contribution in [1.82, 2.24) is 18.9 Å². The standard InChI is InChI=1S/C27H20N4O2S2/c1-17-10-12-18(13-11-17)15-30-25(33)20-6-2-3-7-21(20)29-26(30)34-16-19-14-24(32)31-22-8-4-5-9-23(22)35-27(31)28-19/h2-14H,15-16H2,1H3. The van der Waals surface area contributed by atoms with Gasteiger partial charge in [-0.05, 0) is 36.8 Å². The van der Waals surface area contributed by atoms with E-state index in [1.165, 1.54) is 28.7 Å². The molecule has 0 saturated heterocycles. The van der Waals surface area contributed by atoms with E-state index in [-0.39, 0.29) is 11.1 Å². The van der Waals surface area contributed by atoms with E-state index in [0.717, 1.165) is 15.8 Å². The average molecular weight is 497 g/mol. The van der Waals surface area contributed by atoms with Crippen molar-refractivity contribution in [2.24, 2.45) is 0 Å². The maximum atomic E-state index is 13.4. The second kappa shape index (κ2) is 8.79. The van der Waals surface area contributed by atoms with Gasteiger partial charge in [0, 0.05) is 11.8 Å². The van der Waals surface area contributed by atoms with Crippen LogP contribution in [0, 0.1) is 6.92 Å². The molecule has 0 radical (unpaired) electrons. The Balaban J connectivity index is 1.39. The van der Waals surface area contributed by atoms with E-state index in [9.17, 15) is 9.59 Å². The van der Waals surface area contributed by atoms with Gasteiger partial charge in [0.05, 0.1) is 33.4 Å². The maximum Gasteiger partial charge on any atom is 0.262 e. The van der Waals surface area contributed by atoms with Crippen LogP contribution in [0.2, 0.25) is 0 Å². The lowest BCUT2D eigenvalue weighted by Crippen LogP contribution is -2.24. The highest BCUT2D eigenvalue weighted by molar-refractivity contribution is 7.98. The van der Waals surface area contributed by atoms with E-state index >= 15 is 0 Å². The third-order valence-electron chi connectivity index (χ3n) is 5.89. The van der Waals surface area contributed by atoms with Crippen LogP contribution in [-0.4, -0.2) is 18.9 Å². The van der Waals surface area contributed by atoms with E-state index in [0.29, 0.717) is 39.0 Å². The molecule has 3 heterocycles. The molecular weight excluding hydrogens is 476 g/mol. The molecule has 0 saturated carbocycles. The van der Waals surface area contributed by atoms with Crippen molar-refractivity contribution in [3.05, 3.63) is 116 Å². The van der Waals surface area contributed by atoms with Gasteiger partial charge in [-0.3, -0.25) is 18.6 Å². The quantitative estimate of drug-likeness (QED) is 0.240. The van der Waals surface area contributed by atoms with Crippen LogP contribution in [-0.2, 0) is 12.3 Å². The summed E-state index contributed by atoms with van der Waals surface area (Å²) in [4.78, 5) is 36.5. The smallest absolute Gasteiger partial charge is 0.262 e. The van der Waals surface area contributed by atoms with E-state index in [1.54, 1.807) is 15.0 Å². The zero-order valence-electron chi connectivity index (χ0n) is 18.8. The summed E-state index contributed by atoms with van der Waals surface area (Å²) >= 11 is 2.92. The Bertz CT molecular complexity index is 1840. The van der Waals surface area contributed by atoms with Gasteiger partial charge in [-0.2, -0.15) is 0 Å². The van der Waals surface area contributed by atoms with Gasteiger partial charge < -0.3 is 0 Å². The molecule has 0 bridgehead atoms. The van der Waals surface area contributed by atoms with E-state index in [2.05, 4.69) is 0 Å². The van der Waals surface area contributed by atoms with Gasteiger partial charge in [0.25, 0.3) is 11.1 Å². The molecule has 0 atom stereocenters. The normalized spacial score (nSPS) is 11.6. The molecule has 0 unspecified atom stereocenters. The number of benzene rings is 3. The van der Waals surface area contributed by atoms with Crippen molar-refractivity contribution >= 4 is 49.2 Å². The van der Waals surface area contributed by atoms with Crippen LogP contribution in [0.4, 0.5) is 0 Å². The molecule has 3 aromatic heterocycles. The zero-order valence-corrected chi connectivity index (χ0v) is 20.5. The summed E-state index contributed by atoms with van der Waals surface area (Å²) in [6.45, 7) is 2.46. The Morgan fingerprint density at radius 3 is 2.54 bits per heavy atom. The molecule has 0 fully saturated rings. The molecule has 0 aliphatic carbocycles. The minimum atomic E-state index is -0.105. The first-order chi connectivity index (χ1) is 17.1. The molecule has 6 nitrogen and oxygen atoms in total. The van der Waals surface area contributed by atoms with Gasteiger partial charge in [-0.25, -0.2) is 9.97 Å². The summed E-state index contributed by atoms with van der Waals surface area (Å²) in [6.07, 6.45) is 0. The van der Waals surface area contributed by atoms with Crippen LogP contribution in [0.1, 0.15) is 16.8 Å². The van der Waals surface area contributed by atoms with Crippen molar-refractivity contribution in [3.63, 3.8) is 0 Å². The summed E-state index contributed by atoms with van der Waals surface area (Å²) in [5.74, 6) is 0.429. The Labute approximate surface area is 208 Å². The minimum absolute atomic E-state index is 0.0772. The molecule has 35 heavy (non-hydrogen) atoms. The van der Waals surface area contributed by atoms with Crippen molar-refractivity contribution in [3.8, 4) is 0 Å².